The maximum Gasteiger partial charge on any atom is 0.338 e. The molecule has 83 heavy (non-hydrogen) atoms. The SMILES string of the molecule is Cc1ccccc1S[C@@H]1O[C@H](COCc2ccccc2)[C@H](OCc2ccccc2)[C@H](O[C@@H]2O[C@H](COC(=O)c3ccccc3)[C@H](OC(=O)c3ccccc3)[C@H](OC(=O)c3ccccc3)[C@H]2OC(=O)c2ccccc2)[C@H]1OCc1ccccc1. The van der Waals surface area contributed by atoms with Gasteiger partial charge in [0.1, 0.15) is 42.6 Å². The molecule has 14 nitrogen and oxygen atoms in total. The van der Waals surface area contributed by atoms with E-state index >= 15 is 0 Å². The first-order chi connectivity index (χ1) is 40.7. The molecule has 10 rings (SSSR count). The Morgan fingerprint density at radius 2 is 0.783 bits per heavy atom. The van der Waals surface area contributed by atoms with Crippen LogP contribution in [0.3, 0.4) is 0 Å². The van der Waals surface area contributed by atoms with Crippen LogP contribution in [0.15, 0.2) is 241 Å². The van der Waals surface area contributed by atoms with E-state index in [1.807, 2.05) is 122 Å². The molecule has 8 aromatic rings. The summed E-state index contributed by atoms with van der Waals surface area (Å²) in [6.45, 7) is 1.85. The minimum atomic E-state index is -1.73. The van der Waals surface area contributed by atoms with Crippen LogP contribution in [0, 0.1) is 6.92 Å². The first-order valence-corrected chi connectivity index (χ1v) is 28.2. The molecule has 0 amide bonds. The van der Waals surface area contributed by atoms with E-state index in [1.54, 1.807) is 121 Å². The second-order valence-electron chi connectivity index (χ2n) is 19.8. The third-order valence-electron chi connectivity index (χ3n) is 13.9. The zero-order valence-corrected chi connectivity index (χ0v) is 46.3. The lowest BCUT2D eigenvalue weighted by molar-refractivity contribution is -0.342. The number of esters is 4. The van der Waals surface area contributed by atoms with E-state index in [1.165, 1.54) is 11.8 Å². The number of thioether (sulfide) groups is 1. The second-order valence-corrected chi connectivity index (χ2v) is 20.9. The molecular weight excluding hydrogens is 1070 g/mol. The van der Waals surface area contributed by atoms with Crippen LogP contribution in [-0.2, 0) is 67.2 Å². The zero-order chi connectivity index (χ0) is 57.2. The number of hydrogen-bond acceptors (Lipinski definition) is 15. The van der Waals surface area contributed by atoms with Gasteiger partial charge in [-0.25, -0.2) is 19.2 Å². The van der Waals surface area contributed by atoms with E-state index in [4.69, 9.17) is 47.4 Å². The molecule has 15 heteroatoms. The summed E-state index contributed by atoms with van der Waals surface area (Å²) in [5.74, 6) is -3.27. The van der Waals surface area contributed by atoms with Crippen LogP contribution in [0.5, 0.6) is 0 Å². The van der Waals surface area contributed by atoms with Crippen molar-refractivity contribution < 1.29 is 66.5 Å². The van der Waals surface area contributed by atoms with Gasteiger partial charge in [0.25, 0.3) is 0 Å². The van der Waals surface area contributed by atoms with Crippen LogP contribution in [0.1, 0.15) is 63.7 Å². The molecular formula is C68H62O14S. The summed E-state index contributed by atoms with van der Waals surface area (Å²) in [7, 11) is 0. The average Bonchev–Trinajstić information content (AvgIpc) is 3.40. The van der Waals surface area contributed by atoms with Crippen LogP contribution >= 0.6 is 11.8 Å². The predicted octanol–water partition coefficient (Wildman–Crippen LogP) is 11.8. The van der Waals surface area contributed by atoms with Gasteiger partial charge in [0.05, 0.1) is 48.7 Å². The molecule has 0 spiro atoms. The fraction of sp³-hybridized carbons (Fsp3) is 0.235. The number of hydrogen-bond donors (Lipinski definition) is 0. The Balaban J connectivity index is 1.12. The zero-order valence-electron chi connectivity index (χ0n) is 45.4. The van der Waals surface area contributed by atoms with Crippen molar-refractivity contribution in [2.75, 3.05) is 13.2 Å². The standard InChI is InChI=1S/C68H62O14S/c1-46-25-23-24-40-56(46)83-68-62(75-43-49-30-13-4-14-31-49)59(57(74-42-48-28-11-3-12-29-48)54(78-68)44-73-41-47-26-9-2-10-27-47)82-67-61(81-66(72)53-38-21-8-22-39-53)60(80-65(71)52-36-19-7-20-37-52)58(79-64(70)51-34-17-6-18-35-51)55(77-67)45-76-63(69)50-32-15-5-16-33-50/h2-40,54-55,57-62,67-68H,41-45H2,1H3/t54-,55-,57+,58+,59+,60+,61-,62-,67+,68+/m1/s1. The molecule has 0 bridgehead atoms. The maximum atomic E-state index is 14.7. The molecule has 2 saturated heterocycles. The summed E-state index contributed by atoms with van der Waals surface area (Å²) >= 11 is 1.43. The molecule has 0 unspecified atom stereocenters. The van der Waals surface area contributed by atoms with Crippen molar-refractivity contribution in [3.05, 3.63) is 281 Å². The first kappa shape index (κ1) is 58.0. The van der Waals surface area contributed by atoms with Crippen LogP contribution in [0.4, 0.5) is 0 Å². The lowest BCUT2D eigenvalue weighted by Gasteiger charge is -2.49. The van der Waals surface area contributed by atoms with Crippen molar-refractivity contribution in [1.82, 2.24) is 0 Å². The number of ether oxygens (including phenoxy) is 10. The van der Waals surface area contributed by atoms with Gasteiger partial charge >= 0.3 is 23.9 Å². The topological polar surface area (TPSA) is 161 Å². The van der Waals surface area contributed by atoms with Crippen LogP contribution in [0.25, 0.3) is 0 Å². The minimum absolute atomic E-state index is 0.00921. The Morgan fingerprint density at radius 1 is 0.386 bits per heavy atom. The molecule has 0 N–H and O–H groups in total. The highest BCUT2D eigenvalue weighted by atomic mass is 32.2. The Kier molecular flexibility index (Phi) is 20.3. The number of benzene rings is 8. The van der Waals surface area contributed by atoms with Gasteiger partial charge in [0.2, 0.25) is 0 Å². The molecule has 2 fully saturated rings. The molecule has 0 aliphatic carbocycles. The maximum absolute atomic E-state index is 14.7. The van der Waals surface area contributed by atoms with Gasteiger partial charge in [-0.05, 0) is 83.8 Å². The normalized spacial score (nSPS) is 22.1. The summed E-state index contributed by atoms with van der Waals surface area (Å²) < 4.78 is 67.8. The first-order valence-electron chi connectivity index (χ1n) is 27.4. The highest BCUT2D eigenvalue weighted by Crippen LogP contribution is 2.41. The fourth-order valence-electron chi connectivity index (χ4n) is 9.65. The summed E-state index contributed by atoms with van der Waals surface area (Å²) in [6, 6.07) is 69.9. The lowest BCUT2D eigenvalue weighted by Crippen LogP contribution is -2.66. The predicted molar refractivity (Wildman–Crippen MR) is 309 cm³/mol. The Labute approximate surface area is 486 Å². The van der Waals surface area contributed by atoms with Gasteiger partial charge in [0.15, 0.2) is 24.6 Å². The molecule has 0 radical (unpaired) electrons. The van der Waals surface area contributed by atoms with E-state index < -0.39 is 91.0 Å². The largest absolute Gasteiger partial charge is 0.459 e. The molecule has 8 aromatic carbocycles. The van der Waals surface area contributed by atoms with Gasteiger partial charge in [-0.2, -0.15) is 0 Å². The number of carbonyl (C=O) groups is 4. The Hall–Kier alpha value is -8.25. The van der Waals surface area contributed by atoms with E-state index in [9.17, 15) is 19.2 Å². The summed E-state index contributed by atoms with van der Waals surface area (Å²) in [6.07, 6.45) is -12.4. The molecule has 0 aromatic heterocycles. The number of aryl methyl sites for hydroxylation is 1. The number of carbonyl (C=O) groups excluding carboxylic acids is 4. The molecule has 0 saturated carbocycles. The van der Waals surface area contributed by atoms with Gasteiger partial charge < -0.3 is 47.4 Å². The third-order valence-corrected chi connectivity index (χ3v) is 15.2. The number of rotatable bonds is 23. The lowest BCUT2D eigenvalue weighted by atomic mass is 9.96. The summed E-state index contributed by atoms with van der Waals surface area (Å²) in [5.41, 5.74) is 3.41. The van der Waals surface area contributed by atoms with E-state index in [-0.39, 0.29) is 48.7 Å². The van der Waals surface area contributed by atoms with Crippen molar-refractivity contribution in [1.29, 1.82) is 0 Å². The Morgan fingerprint density at radius 3 is 1.28 bits per heavy atom. The molecule has 2 heterocycles. The molecule has 424 valence electrons. The van der Waals surface area contributed by atoms with E-state index in [0.717, 1.165) is 27.1 Å². The van der Waals surface area contributed by atoms with Crippen molar-refractivity contribution in [2.45, 2.75) is 92.2 Å². The van der Waals surface area contributed by atoms with Gasteiger partial charge in [-0.1, -0.05) is 194 Å². The van der Waals surface area contributed by atoms with Gasteiger partial charge in [-0.3, -0.25) is 0 Å². The summed E-state index contributed by atoms with van der Waals surface area (Å²) in [5, 5.41) is 0. The average molecular weight is 1140 g/mol. The molecule has 2 aliphatic rings. The van der Waals surface area contributed by atoms with Crippen molar-refractivity contribution in [2.24, 2.45) is 0 Å². The van der Waals surface area contributed by atoms with Crippen molar-refractivity contribution >= 4 is 35.6 Å². The quantitative estimate of drug-likeness (QED) is 0.0439. The highest BCUT2D eigenvalue weighted by Gasteiger charge is 2.57. The van der Waals surface area contributed by atoms with Gasteiger partial charge in [0, 0.05) is 4.90 Å². The van der Waals surface area contributed by atoms with Crippen LogP contribution < -0.4 is 0 Å². The monoisotopic (exact) mass is 1130 g/mol. The third kappa shape index (κ3) is 15.7. The molecule has 10 atom stereocenters. The highest BCUT2D eigenvalue weighted by molar-refractivity contribution is 7.99. The van der Waals surface area contributed by atoms with Crippen molar-refractivity contribution in [3.63, 3.8) is 0 Å². The molecule has 2 aliphatic heterocycles. The smallest absolute Gasteiger partial charge is 0.338 e. The summed E-state index contributed by atoms with van der Waals surface area (Å²) in [4.78, 5) is 58.6. The van der Waals surface area contributed by atoms with Gasteiger partial charge in [-0.15, -0.1) is 0 Å². The van der Waals surface area contributed by atoms with Crippen molar-refractivity contribution in [3.8, 4) is 0 Å². The fourth-order valence-corrected chi connectivity index (χ4v) is 10.9. The van der Waals surface area contributed by atoms with Crippen LogP contribution in [-0.4, -0.2) is 97.6 Å². The van der Waals surface area contributed by atoms with E-state index in [0.29, 0.717) is 0 Å². The second kappa shape index (κ2) is 29.1. The van der Waals surface area contributed by atoms with E-state index in [2.05, 4.69) is 0 Å². The van der Waals surface area contributed by atoms with Crippen LogP contribution in [0.2, 0.25) is 0 Å². The minimum Gasteiger partial charge on any atom is -0.459 e. The Bertz CT molecular complexity index is 3310.